The molecule has 0 aliphatic carbocycles. The fourth-order valence-corrected chi connectivity index (χ4v) is 2.25. The molecule has 1 aliphatic rings. The number of carbonyl (C=O) groups excluding carboxylic acids is 2. The van der Waals surface area contributed by atoms with Crippen LogP contribution in [-0.2, 0) is 6.54 Å². The second kappa shape index (κ2) is 5.33. The lowest BCUT2D eigenvalue weighted by molar-refractivity contribution is 0.0696. The average molecular weight is 296 g/mol. The molecule has 2 amide bonds. The Hall–Kier alpha value is -3.15. The van der Waals surface area contributed by atoms with E-state index in [4.69, 9.17) is 5.11 Å². The summed E-state index contributed by atoms with van der Waals surface area (Å²) in [7, 11) is 0. The number of imide groups is 1. The Morgan fingerprint density at radius 1 is 1.00 bits per heavy atom. The smallest absolute Gasteiger partial charge is 0.335 e. The molecule has 0 saturated heterocycles. The van der Waals surface area contributed by atoms with Gasteiger partial charge < -0.3 is 10.4 Å². The van der Waals surface area contributed by atoms with E-state index in [1.54, 1.807) is 30.3 Å². The summed E-state index contributed by atoms with van der Waals surface area (Å²) in [5.41, 5.74) is 2.59. The SMILES string of the molecule is O=C(O)c1ccc(CNc2ccc3c(c2)C(=O)NC3=O)cc1. The molecule has 1 heterocycles. The molecule has 1 aliphatic heterocycles. The van der Waals surface area contributed by atoms with Crippen molar-refractivity contribution < 1.29 is 19.5 Å². The van der Waals surface area contributed by atoms with Crippen LogP contribution < -0.4 is 10.6 Å². The van der Waals surface area contributed by atoms with Crippen molar-refractivity contribution in [3.8, 4) is 0 Å². The van der Waals surface area contributed by atoms with Gasteiger partial charge in [0.1, 0.15) is 0 Å². The predicted molar refractivity (Wildman–Crippen MR) is 79.0 cm³/mol. The molecule has 0 fully saturated rings. The van der Waals surface area contributed by atoms with Crippen LogP contribution in [0.4, 0.5) is 5.69 Å². The minimum absolute atomic E-state index is 0.233. The molecule has 3 N–H and O–H groups in total. The first-order valence-electron chi connectivity index (χ1n) is 6.60. The molecule has 2 aromatic rings. The van der Waals surface area contributed by atoms with Gasteiger partial charge in [0.2, 0.25) is 0 Å². The monoisotopic (exact) mass is 296 g/mol. The van der Waals surface area contributed by atoms with E-state index in [9.17, 15) is 14.4 Å². The molecule has 0 radical (unpaired) electrons. The number of rotatable bonds is 4. The third kappa shape index (κ3) is 2.54. The van der Waals surface area contributed by atoms with Gasteiger partial charge in [0.25, 0.3) is 11.8 Å². The van der Waals surface area contributed by atoms with Crippen LogP contribution in [-0.4, -0.2) is 22.9 Å². The molecule has 0 aromatic heterocycles. The largest absolute Gasteiger partial charge is 0.478 e. The Morgan fingerprint density at radius 2 is 1.68 bits per heavy atom. The van der Waals surface area contributed by atoms with Crippen molar-refractivity contribution in [2.45, 2.75) is 6.54 Å². The number of fused-ring (bicyclic) bond motifs is 1. The van der Waals surface area contributed by atoms with E-state index in [2.05, 4.69) is 10.6 Å². The standard InChI is InChI=1S/C16H12N2O4/c19-14-12-6-5-11(7-13(12)15(20)18-14)17-8-9-1-3-10(4-2-9)16(21)22/h1-7,17H,8H2,(H,21,22)(H,18,19,20). The zero-order valence-corrected chi connectivity index (χ0v) is 11.4. The first-order valence-corrected chi connectivity index (χ1v) is 6.60. The van der Waals surface area contributed by atoms with Crippen molar-refractivity contribution in [3.05, 3.63) is 64.7 Å². The average Bonchev–Trinajstić information content (AvgIpc) is 2.80. The Morgan fingerprint density at radius 3 is 2.36 bits per heavy atom. The van der Waals surface area contributed by atoms with Crippen molar-refractivity contribution in [1.82, 2.24) is 5.32 Å². The molecule has 0 bridgehead atoms. The van der Waals surface area contributed by atoms with Gasteiger partial charge in [-0.2, -0.15) is 0 Å². The van der Waals surface area contributed by atoms with Gasteiger partial charge in [0.15, 0.2) is 0 Å². The molecule has 2 aromatic carbocycles. The summed E-state index contributed by atoms with van der Waals surface area (Å²) < 4.78 is 0. The zero-order valence-electron chi connectivity index (χ0n) is 11.4. The van der Waals surface area contributed by atoms with Gasteiger partial charge in [0.05, 0.1) is 16.7 Å². The normalized spacial score (nSPS) is 12.7. The van der Waals surface area contributed by atoms with Crippen LogP contribution in [0.15, 0.2) is 42.5 Å². The molecule has 110 valence electrons. The number of hydrogen-bond acceptors (Lipinski definition) is 4. The summed E-state index contributed by atoms with van der Waals surface area (Å²) in [6.07, 6.45) is 0. The van der Waals surface area contributed by atoms with Gasteiger partial charge in [-0.1, -0.05) is 12.1 Å². The van der Waals surface area contributed by atoms with E-state index in [-0.39, 0.29) is 11.5 Å². The van der Waals surface area contributed by atoms with Crippen LogP contribution in [0.2, 0.25) is 0 Å². The highest BCUT2D eigenvalue weighted by molar-refractivity contribution is 6.21. The van der Waals surface area contributed by atoms with E-state index in [1.165, 1.54) is 12.1 Å². The highest BCUT2D eigenvalue weighted by Crippen LogP contribution is 2.20. The third-order valence-electron chi connectivity index (χ3n) is 3.43. The van der Waals surface area contributed by atoms with Gasteiger partial charge in [-0.05, 0) is 35.9 Å². The molecule has 0 atom stereocenters. The van der Waals surface area contributed by atoms with Gasteiger partial charge in [-0.25, -0.2) is 4.79 Å². The fraction of sp³-hybridized carbons (Fsp3) is 0.0625. The third-order valence-corrected chi connectivity index (χ3v) is 3.43. The van der Waals surface area contributed by atoms with E-state index >= 15 is 0 Å². The second-order valence-electron chi connectivity index (χ2n) is 4.90. The highest BCUT2D eigenvalue weighted by Gasteiger charge is 2.26. The number of carboxylic acid groups (broad SMARTS) is 1. The highest BCUT2D eigenvalue weighted by atomic mass is 16.4. The number of nitrogens with one attached hydrogen (secondary N) is 2. The van der Waals surface area contributed by atoms with E-state index < -0.39 is 11.9 Å². The van der Waals surface area contributed by atoms with Crippen LogP contribution in [0, 0.1) is 0 Å². The predicted octanol–water partition coefficient (Wildman–Crippen LogP) is 1.88. The van der Waals surface area contributed by atoms with Crippen LogP contribution in [0.3, 0.4) is 0 Å². The van der Waals surface area contributed by atoms with Crippen LogP contribution >= 0.6 is 0 Å². The quantitative estimate of drug-likeness (QED) is 0.749. The number of amides is 2. The lowest BCUT2D eigenvalue weighted by Crippen LogP contribution is -2.19. The van der Waals surface area contributed by atoms with Crippen molar-refractivity contribution >= 4 is 23.5 Å². The molecule has 0 spiro atoms. The summed E-state index contributed by atoms with van der Waals surface area (Å²) in [5.74, 6) is -1.74. The van der Waals surface area contributed by atoms with E-state index in [1.807, 2.05) is 0 Å². The van der Waals surface area contributed by atoms with Crippen molar-refractivity contribution in [2.75, 3.05) is 5.32 Å². The topological polar surface area (TPSA) is 95.5 Å². The van der Waals surface area contributed by atoms with Gasteiger partial charge in [0, 0.05) is 12.2 Å². The van der Waals surface area contributed by atoms with Crippen molar-refractivity contribution in [2.24, 2.45) is 0 Å². The minimum Gasteiger partial charge on any atom is -0.478 e. The van der Waals surface area contributed by atoms with E-state index in [0.29, 0.717) is 23.4 Å². The number of aromatic carboxylic acids is 1. The number of anilines is 1. The Labute approximate surface area is 125 Å². The Kier molecular flexibility index (Phi) is 3.34. The Bertz CT molecular complexity index is 781. The summed E-state index contributed by atoms with van der Waals surface area (Å²) in [4.78, 5) is 33.8. The molecule has 6 nitrogen and oxygen atoms in total. The molecule has 6 heteroatoms. The van der Waals surface area contributed by atoms with Crippen LogP contribution in [0.5, 0.6) is 0 Å². The molecule has 0 unspecified atom stereocenters. The van der Waals surface area contributed by atoms with E-state index in [0.717, 1.165) is 5.56 Å². The zero-order chi connectivity index (χ0) is 15.7. The van der Waals surface area contributed by atoms with Gasteiger partial charge in [-0.15, -0.1) is 0 Å². The lowest BCUT2D eigenvalue weighted by atomic mass is 10.1. The maximum atomic E-state index is 11.6. The van der Waals surface area contributed by atoms with Crippen LogP contribution in [0.1, 0.15) is 36.6 Å². The fourth-order valence-electron chi connectivity index (χ4n) is 2.25. The minimum atomic E-state index is -0.964. The van der Waals surface area contributed by atoms with Gasteiger partial charge in [-0.3, -0.25) is 14.9 Å². The van der Waals surface area contributed by atoms with Crippen molar-refractivity contribution in [3.63, 3.8) is 0 Å². The maximum absolute atomic E-state index is 11.6. The lowest BCUT2D eigenvalue weighted by Gasteiger charge is -2.08. The summed E-state index contributed by atoms with van der Waals surface area (Å²) in [5, 5.41) is 14.2. The summed E-state index contributed by atoms with van der Waals surface area (Å²) in [6, 6.07) is 11.5. The molecular weight excluding hydrogens is 284 g/mol. The van der Waals surface area contributed by atoms with Crippen molar-refractivity contribution in [1.29, 1.82) is 0 Å². The molecule has 3 rings (SSSR count). The molecular formula is C16H12N2O4. The van der Waals surface area contributed by atoms with Crippen LogP contribution in [0.25, 0.3) is 0 Å². The summed E-state index contributed by atoms with van der Waals surface area (Å²) >= 11 is 0. The first-order chi connectivity index (χ1) is 10.5. The first kappa shape index (κ1) is 13.8. The number of benzene rings is 2. The molecule has 0 saturated carbocycles. The maximum Gasteiger partial charge on any atom is 0.335 e. The number of carbonyl (C=O) groups is 3. The summed E-state index contributed by atoms with van der Waals surface area (Å²) in [6.45, 7) is 0.480. The van der Waals surface area contributed by atoms with Gasteiger partial charge >= 0.3 is 5.97 Å². The molecule has 22 heavy (non-hydrogen) atoms. The Balaban J connectivity index is 1.72. The number of carboxylic acids is 1. The number of hydrogen-bond donors (Lipinski definition) is 3. The second-order valence-corrected chi connectivity index (χ2v) is 4.90.